The van der Waals surface area contributed by atoms with Crippen LogP contribution in [-0.2, 0) is 13.0 Å². The maximum Gasteiger partial charge on any atom is 0.315 e. The number of ether oxygens (including phenoxy) is 1. The first-order valence-corrected chi connectivity index (χ1v) is 11.2. The van der Waals surface area contributed by atoms with Gasteiger partial charge in [0.2, 0.25) is 0 Å². The lowest BCUT2D eigenvalue weighted by Gasteiger charge is -2.15. The maximum atomic E-state index is 12.3. The van der Waals surface area contributed by atoms with Gasteiger partial charge in [0, 0.05) is 31.1 Å². The van der Waals surface area contributed by atoms with Gasteiger partial charge < -0.3 is 19.8 Å². The van der Waals surface area contributed by atoms with E-state index in [9.17, 15) is 4.79 Å². The highest BCUT2D eigenvalue weighted by Gasteiger charge is 2.11. The number of fused-ring (bicyclic) bond motifs is 1. The van der Waals surface area contributed by atoms with Crippen molar-refractivity contribution in [1.82, 2.24) is 20.0 Å². The number of imidazole rings is 1. The van der Waals surface area contributed by atoms with Crippen LogP contribution in [0.5, 0.6) is 5.75 Å². The van der Waals surface area contributed by atoms with Crippen LogP contribution in [-0.4, -0.2) is 22.0 Å². The number of benzene rings is 2. The average molecular weight is 443 g/mol. The van der Waals surface area contributed by atoms with Crippen molar-refractivity contribution in [2.24, 2.45) is 0 Å². The van der Waals surface area contributed by atoms with Crippen molar-refractivity contribution in [1.29, 1.82) is 0 Å². The van der Waals surface area contributed by atoms with Crippen LogP contribution >= 0.6 is 0 Å². The Hall–Kier alpha value is -3.80. The molecule has 0 aliphatic rings. The molecule has 170 valence electrons. The van der Waals surface area contributed by atoms with Crippen molar-refractivity contribution < 1.29 is 9.53 Å². The first-order chi connectivity index (χ1) is 16.0. The molecule has 4 aromatic rings. The highest BCUT2D eigenvalue weighted by atomic mass is 16.5. The minimum atomic E-state index is -0.183. The topological polar surface area (TPSA) is 67.7 Å². The molecule has 2 aromatic carbocycles. The number of aryl methyl sites for hydroxylation is 2. The molecule has 2 heterocycles. The summed E-state index contributed by atoms with van der Waals surface area (Å²) < 4.78 is 8.14. The van der Waals surface area contributed by atoms with E-state index in [1.165, 1.54) is 16.7 Å². The quantitative estimate of drug-likeness (QED) is 0.397. The van der Waals surface area contributed by atoms with Gasteiger partial charge >= 0.3 is 6.03 Å². The predicted octanol–water partition coefficient (Wildman–Crippen LogP) is 5.13. The van der Waals surface area contributed by atoms with E-state index in [-0.39, 0.29) is 12.1 Å². The summed E-state index contributed by atoms with van der Waals surface area (Å²) in [6.45, 7) is 7.15. The van der Waals surface area contributed by atoms with Crippen molar-refractivity contribution in [3.63, 3.8) is 0 Å². The van der Waals surface area contributed by atoms with Crippen LogP contribution in [0.3, 0.4) is 0 Å². The van der Waals surface area contributed by atoms with Gasteiger partial charge in [0.25, 0.3) is 0 Å². The van der Waals surface area contributed by atoms with Gasteiger partial charge in [-0.1, -0.05) is 54.1 Å². The van der Waals surface area contributed by atoms with Gasteiger partial charge in [-0.25, -0.2) is 9.78 Å². The molecule has 6 nitrogen and oxygen atoms in total. The summed E-state index contributed by atoms with van der Waals surface area (Å²) in [5.41, 5.74) is 6.46. The molecular weight excluding hydrogens is 412 g/mol. The van der Waals surface area contributed by atoms with Crippen LogP contribution in [0.1, 0.15) is 40.9 Å². The van der Waals surface area contributed by atoms with Gasteiger partial charge in [0.05, 0.1) is 6.04 Å². The van der Waals surface area contributed by atoms with E-state index in [4.69, 9.17) is 4.74 Å². The van der Waals surface area contributed by atoms with Crippen molar-refractivity contribution in [2.75, 3.05) is 6.54 Å². The smallest absolute Gasteiger partial charge is 0.315 e. The molecule has 0 fully saturated rings. The Kier molecular flexibility index (Phi) is 6.93. The minimum Gasteiger partial charge on any atom is -0.485 e. The number of aromatic nitrogens is 2. The molecule has 1 atom stereocenters. The summed E-state index contributed by atoms with van der Waals surface area (Å²) in [4.78, 5) is 16.8. The van der Waals surface area contributed by atoms with Gasteiger partial charge in [0.1, 0.15) is 6.61 Å². The lowest BCUT2D eigenvalue weighted by atomic mass is 10.1. The number of hydrogen-bond donors (Lipinski definition) is 2. The molecule has 2 amide bonds. The molecule has 0 saturated carbocycles. The molecule has 33 heavy (non-hydrogen) atoms. The zero-order chi connectivity index (χ0) is 23.2. The zero-order valence-corrected chi connectivity index (χ0v) is 19.3. The van der Waals surface area contributed by atoms with Crippen LogP contribution in [0, 0.1) is 13.8 Å². The maximum absolute atomic E-state index is 12.3. The van der Waals surface area contributed by atoms with Gasteiger partial charge in [0.15, 0.2) is 11.4 Å². The van der Waals surface area contributed by atoms with Crippen LogP contribution in [0.4, 0.5) is 4.79 Å². The zero-order valence-electron chi connectivity index (χ0n) is 19.3. The fourth-order valence-corrected chi connectivity index (χ4v) is 3.82. The Morgan fingerprint density at radius 1 is 1.09 bits per heavy atom. The fraction of sp³-hybridized carbons (Fsp3) is 0.259. The number of nitrogens with one attached hydrogen (secondary N) is 2. The Balaban J connectivity index is 1.34. The number of pyridine rings is 1. The highest BCUT2D eigenvalue weighted by molar-refractivity contribution is 5.74. The van der Waals surface area contributed by atoms with E-state index in [1.54, 1.807) is 0 Å². The van der Waals surface area contributed by atoms with Gasteiger partial charge in [-0.15, -0.1) is 0 Å². The lowest BCUT2D eigenvalue weighted by Crippen LogP contribution is -2.38. The number of carbonyl (C=O) groups is 1. The second-order valence-electron chi connectivity index (χ2n) is 8.32. The third-order valence-corrected chi connectivity index (χ3v) is 5.78. The lowest BCUT2D eigenvalue weighted by molar-refractivity contribution is 0.238. The molecule has 0 aliphatic heterocycles. The summed E-state index contributed by atoms with van der Waals surface area (Å²) >= 11 is 0. The first kappa shape index (κ1) is 22.4. The van der Waals surface area contributed by atoms with Crippen LogP contribution in [0.25, 0.3) is 5.65 Å². The van der Waals surface area contributed by atoms with Crippen LogP contribution in [0.15, 0.2) is 73.1 Å². The van der Waals surface area contributed by atoms with Gasteiger partial charge in [-0.3, -0.25) is 0 Å². The van der Waals surface area contributed by atoms with E-state index >= 15 is 0 Å². The standard InChI is InChI=1S/C27H30N4O2/c1-19-11-12-20(2)23(16-19)18-33-25-10-7-15-31-24(17-29-26(25)31)13-14-28-27(32)30-21(3)22-8-5-4-6-9-22/h4-12,15-17,21H,13-14,18H2,1-3H3,(H2,28,30,32)/t21-/m0/s1. The molecule has 6 heteroatoms. The molecule has 0 radical (unpaired) electrons. The number of nitrogens with zero attached hydrogens (tertiary/aromatic N) is 2. The number of amides is 2. The van der Waals surface area contributed by atoms with Gasteiger partial charge in [-0.05, 0) is 49.6 Å². The van der Waals surface area contributed by atoms with E-state index in [2.05, 4.69) is 47.7 Å². The Morgan fingerprint density at radius 3 is 2.73 bits per heavy atom. The van der Waals surface area contributed by atoms with Crippen molar-refractivity contribution in [3.05, 3.63) is 101 Å². The molecule has 4 rings (SSSR count). The van der Waals surface area contributed by atoms with Crippen molar-refractivity contribution >= 4 is 11.7 Å². The minimum absolute atomic E-state index is 0.0567. The molecule has 0 bridgehead atoms. The molecule has 2 aromatic heterocycles. The summed E-state index contributed by atoms with van der Waals surface area (Å²) in [7, 11) is 0. The Morgan fingerprint density at radius 2 is 1.91 bits per heavy atom. The van der Waals surface area contributed by atoms with Gasteiger partial charge in [-0.2, -0.15) is 0 Å². The SMILES string of the molecule is Cc1ccc(C)c(COc2cccn3c(CCNC(=O)N[C@@H](C)c4ccccc4)cnc23)c1. The number of urea groups is 1. The number of hydrogen-bond acceptors (Lipinski definition) is 3. The van der Waals surface area contributed by atoms with Crippen LogP contribution in [0.2, 0.25) is 0 Å². The Bertz CT molecular complexity index is 1230. The second-order valence-corrected chi connectivity index (χ2v) is 8.32. The third kappa shape index (κ3) is 5.52. The molecule has 2 N–H and O–H groups in total. The van der Waals surface area contributed by atoms with E-state index in [1.807, 2.05) is 66.2 Å². The van der Waals surface area contributed by atoms with E-state index in [0.717, 1.165) is 22.7 Å². The molecule has 0 aliphatic carbocycles. The molecular formula is C27H30N4O2. The molecule has 0 spiro atoms. The van der Waals surface area contributed by atoms with Crippen molar-refractivity contribution in [2.45, 2.75) is 39.8 Å². The average Bonchev–Trinajstić information content (AvgIpc) is 3.24. The summed E-state index contributed by atoms with van der Waals surface area (Å²) in [5.74, 6) is 0.743. The first-order valence-electron chi connectivity index (χ1n) is 11.2. The molecule has 0 saturated heterocycles. The summed E-state index contributed by atoms with van der Waals surface area (Å²) in [5, 5.41) is 5.91. The van der Waals surface area contributed by atoms with E-state index in [0.29, 0.717) is 19.6 Å². The van der Waals surface area contributed by atoms with Crippen LogP contribution < -0.4 is 15.4 Å². The number of rotatable bonds is 8. The van der Waals surface area contributed by atoms with E-state index < -0.39 is 0 Å². The summed E-state index contributed by atoms with van der Waals surface area (Å²) in [6.07, 6.45) is 4.47. The number of carbonyl (C=O) groups excluding carboxylic acids is 1. The normalized spacial score (nSPS) is 11.8. The second kappa shape index (κ2) is 10.2. The summed E-state index contributed by atoms with van der Waals surface area (Å²) in [6, 6.07) is 19.9. The molecule has 0 unspecified atom stereocenters. The predicted molar refractivity (Wildman–Crippen MR) is 131 cm³/mol. The third-order valence-electron chi connectivity index (χ3n) is 5.78. The largest absolute Gasteiger partial charge is 0.485 e. The Labute approximate surface area is 194 Å². The highest BCUT2D eigenvalue weighted by Crippen LogP contribution is 2.22. The monoisotopic (exact) mass is 442 g/mol. The fourth-order valence-electron chi connectivity index (χ4n) is 3.82. The van der Waals surface area contributed by atoms with Crippen molar-refractivity contribution in [3.8, 4) is 5.75 Å².